The van der Waals surface area contributed by atoms with Crippen molar-refractivity contribution in [2.75, 3.05) is 40.3 Å². The number of hydrogen-bond acceptors (Lipinski definition) is 2. The van der Waals surface area contributed by atoms with Gasteiger partial charge in [0.1, 0.15) is 0 Å². The summed E-state index contributed by atoms with van der Waals surface area (Å²) in [7, 11) is 4.28. The molecule has 0 saturated carbocycles. The molecule has 0 fully saturated rings. The molecular formula is C20H36N4. The van der Waals surface area contributed by atoms with Crippen LogP contribution in [0.15, 0.2) is 35.3 Å². The fraction of sp³-hybridized carbons (Fsp3) is 0.650. The maximum atomic E-state index is 4.68. The highest BCUT2D eigenvalue weighted by Crippen LogP contribution is 2.03. The first-order valence-electron chi connectivity index (χ1n) is 9.43. The van der Waals surface area contributed by atoms with Crippen LogP contribution in [0.4, 0.5) is 0 Å². The molecule has 0 saturated heterocycles. The van der Waals surface area contributed by atoms with Crippen molar-refractivity contribution < 1.29 is 0 Å². The Labute approximate surface area is 148 Å². The molecule has 4 heteroatoms. The van der Waals surface area contributed by atoms with Gasteiger partial charge in [-0.1, -0.05) is 49.6 Å². The molecule has 0 aliphatic rings. The summed E-state index contributed by atoms with van der Waals surface area (Å²) in [5.41, 5.74) is 1.36. The van der Waals surface area contributed by atoms with Crippen LogP contribution in [-0.4, -0.2) is 51.1 Å². The summed E-state index contributed by atoms with van der Waals surface area (Å²) in [5.74, 6) is 0.945. The molecule has 0 radical (unpaired) electrons. The molecule has 1 aromatic carbocycles. The first-order chi connectivity index (χ1) is 11.7. The van der Waals surface area contributed by atoms with Gasteiger partial charge in [-0.15, -0.1) is 0 Å². The summed E-state index contributed by atoms with van der Waals surface area (Å²) in [6, 6.07) is 10.6. The largest absolute Gasteiger partial charge is 0.357 e. The van der Waals surface area contributed by atoms with Crippen molar-refractivity contribution in [3.05, 3.63) is 35.9 Å². The van der Waals surface area contributed by atoms with E-state index in [1.807, 2.05) is 0 Å². The van der Waals surface area contributed by atoms with Gasteiger partial charge in [-0.3, -0.25) is 4.99 Å². The van der Waals surface area contributed by atoms with Crippen molar-refractivity contribution >= 4 is 5.96 Å². The number of guanidine groups is 1. The highest BCUT2D eigenvalue weighted by Gasteiger charge is 1.98. The summed E-state index contributed by atoms with van der Waals surface area (Å²) in [5, 5.41) is 6.75. The Kier molecular flexibility index (Phi) is 11.8. The second-order valence-corrected chi connectivity index (χ2v) is 6.49. The summed E-state index contributed by atoms with van der Waals surface area (Å²) in [6.07, 6.45) is 7.44. The third-order valence-corrected chi connectivity index (χ3v) is 3.93. The second-order valence-electron chi connectivity index (χ2n) is 6.49. The monoisotopic (exact) mass is 332 g/mol. The smallest absolute Gasteiger partial charge is 0.191 e. The van der Waals surface area contributed by atoms with Gasteiger partial charge in [0, 0.05) is 19.6 Å². The summed E-state index contributed by atoms with van der Waals surface area (Å²) in [6.45, 7) is 6.05. The molecule has 0 bridgehead atoms. The molecule has 0 spiro atoms. The lowest BCUT2D eigenvalue weighted by atomic mass is 10.1. The Morgan fingerprint density at radius 3 is 2.38 bits per heavy atom. The molecule has 0 atom stereocenters. The minimum absolute atomic E-state index is 0.904. The van der Waals surface area contributed by atoms with Crippen LogP contribution in [0, 0.1) is 0 Å². The lowest BCUT2D eigenvalue weighted by Crippen LogP contribution is -2.38. The Morgan fingerprint density at radius 2 is 1.67 bits per heavy atom. The minimum atomic E-state index is 0.904. The van der Waals surface area contributed by atoms with Gasteiger partial charge in [0.05, 0.1) is 0 Å². The highest BCUT2D eigenvalue weighted by molar-refractivity contribution is 5.79. The van der Waals surface area contributed by atoms with Crippen LogP contribution in [0.2, 0.25) is 0 Å². The van der Waals surface area contributed by atoms with E-state index in [4.69, 9.17) is 0 Å². The number of unbranched alkanes of at least 4 members (excludes halogenated alkanes) is 4. The third kappa shape index (κ3) is 11.1. The zero-order valence-corrected chi connectivity index (χ0v) is 15.9. The predicted molar refractivity (Wildman–Crippen MR) is 106 cm³/mol. The lowest BCUT2D eigenvalue weighted by molar-refractivity contribution is 0.390. The van der Waals surface area contributed by atoms with Gasteiger partial charge in [0.2, 0.25) is 0 Å². The van der Waals surface area contributed by atoms with E-state index in [0.29, 0.717) is 0 Å². The molecule has 0 heterocycles. The van der Waals surface area contributed by atoms with Gasteiger partial charge in [0.15, 0.2) is 5.96 Å². The Bertz CT molecular complexity index is 429. The van der Waals surface area contributed by atoms with Crippen LogP contribution in [0.3, 0.4) is 0 Å². The number of rotatable bonds is 12. The van der Waals surface area contributed by atoms with E-state index in [1.165, 1.54) is 44.2 Å². The molecule has 0 unspecified atom stereocenters. The first kappa shape index (κ1) is 20.5. The van der Waals surface area contributed by atoms with E-state index >= 15 is 0 Å². The molecule has 0 amide bonds. The van der Waals surface area contributed by atoms with Gasteiger partial charge >= 0.3 is 0 Å². The zero-order valence-electron chi connectivity index (χ0n) is 15.9. The van der Waals surface area contributed by atoms with Crippen molar-refractivity contribution in [1.29, 1.82) is 0 Å². The van der Waals surface area contributed by atoms with Crippen LogP contribution < -0.4 is 10.6 Å². The topological polar surface area (TPSA) is 39.7 Å². The van der Waals surface area contributed by atoms with Gasteiger partial charge < -0.3 is 15.5 Å². The third-order valence-electron chi connectivity index (χ3n) is 3.93. The van der Waals surface area contributed by atoms with Crippen LogP contribution in [-0.2, 0) is 6.42 Å². The van der Waals surface area contributed by atoms with Crippen LogP contribution in [0.25, 0.3) is 0 Å². The van der Waals surface area contributed by atoms with E-state index in [2.05, 4.69) is 71.9 Å². The average Bonchev–Trinajstić information content (AvgIpc) is 2.58. The summed E-state index contributed by atoms with van der Waals surface area (Å²) in [4.78, 5) is 6.93. The Hall–Kier alpha value is -1.55. The van der Waals surface area contributed by atoms with Crippen molar-refractivity contribution in [2.45, 2.75) is 45.4 Å². The number of nitrogens with one attached hydrogen (secondary N) is 2. The molecule has 0 aliphatic carbocycles. The number of nitrogens with zero attached hydrogens (tertiary/aromatic N) is 2. The van der Waals surface area contributed by atoms with E-state index in [-0.39, 0.29) is 0 Å². The van der Waals surface area contributed by atoms with Gasteiger partial charge in [0.25, 0.3) is 0 Å². The van der Waals surface area contributed by atoms with Gasteiger partial charge in [-0.05, 0) is 52.4 Å². The number of benzene rings is 1. The zero-order chi connectivity index (χ0) is 17.5. The Morgan fingerprint density at radius 1 is 0.958 bits per heavy atom. The fourth-order valence-electron chi connectivity index (χ4n) is 2.57. The maximum Gasteiger partial charge on any atom is 0.191 e. The van der Waals surface area contributed by atoms with E-state index in [9.17, 15) is 0 Å². The summed E-state index contributed by atoms with van der Waals surface area (Å²) >= 11 is 0. The second kappa shape index (κ2) is 13.8. The SMILES string of the molecule is CCNC(=NCCCCCCCN(C)C)NCCc1ccccc1. The quantitative estimate of drug-likeness (QED) is 0.350. The fourth-order valence-corrected chi connectivity index (χ4v) is 2.57. The minimum Gasteiger partial charge on any atom is -0.357 e. The number of aliphatic imine (C=N–C) groups is 1. The van der Waals surface area contributed by atoms with Crippen molar-refractivity contribution in [3.8, 4) is 0 Å². The summed E-state index contributed by atoms with van der Waals surface area (Å²) < 4.78 is 0. The Balaban J connectivity index is 2.13. The lowest BCUT2D eigenvalue weighted by Gasteiger charge is -2.11. The average molecular weight is 333 g/mol. The molecule has 2 N–H and O–H groups in total. The molecule has 1 rings (SSSR count). The molecule has 24 heavy (non-hydrogen) atoms. The van der Waals surface area contributed by atoms with Crippen LogP contribution >= 0.6 is 0 Å². The van der Waals surface area contributed by atoms with E-state index < -0.39 is 0 Å². The van der Waals surface area contributed by atoms with Gasteiger partial charge in [-0.25, -0.2) is 0 Å². The van der Waals surface area contributed by atoms with Crippen LogP contribution in [0.1, 0.15) is 44.6 Å². The van der Waals surface area contributed by atoms with Gasteiger partial charge in [-0.2, -0.15) is 0 Å². The van der Waals surface area contributed by atoms with E-state index in [1.54, 1.807) is 0 Å². The van der Waals surface area contributed by atoms with Crippen molar-refractivity contribution in [1.82, 2.24) is 15.5 Å². The standard InChI is InChI=1S/C20H36N4/c1-4-21-20(23-17-15-19-13-9-8-10-14-19)22-16-11-6-5-7-12-18-24(2)3/h8-10,13-14H,4-7,11-12,15-18H2,1-3H3,(H2,21,22,23). The number of hydrogen-bond donors (Lipinski definition) is 2. The van der Waals surface area contributed by atoms with Crippen molar-refractivity contribution in [3.63, 3.8) is 0 Å². The van der Waals surface area contributed by atoms with Crippen molar-refractivity contribution in [2.24, 2.45) is 4.99 Å². The molecule has 0 aliphatic heterocycles. The molecule has 1 aromatic rings. The van der Waals surface area contributed by atoms with E-state index in [0.717, 1.165) is 32.0 Å². The molecular weight excluding hydrogens is 296 g/mol. The first-order valence-corrected chi connectivity index (χ1v) is 9.43. The highest BCUT2D eigenvalue weighted by atomic mass is 15.2. The maximum absolute atomic E-state index is 4.68. The molecule has 0 aromatic heterocycles. The predicted octanol–water partition coefficient (Wildman–Crippen LogP) is 3.30. The molecule has 136 valence electrons. The normalized spacial score (nSPS) is 11.8. The van der Waals surface area contributed by atoms with Crippen LogP contribution in [0.5, 0.6) is 0 Å². The molecule has 4 nitrogen and oxygen atoms in total.